The highest BCUT2D eigenvalue weighted by molar-refractivity contribution is 7.07. The summed E-state index contributed by atoms with van der Waals surface area (Å²) in [5.74, 6) is -0.0533. The van der Waals surface area contributed by atoms with Crippen LogP contribution in [0.2, 0.25) is 0 Å². The minimum atomic E-state index is -0.156. The van der Waals surface area contributed by atoms with Gasteiger partial charge in [0, 0.05) is 11.7 Å². The zero-order valence-corrected chi connectivity index (χ0v) is 15.1. The van der Waals surface area contributed by atoms with Gasteiger partial charge in [-0.25, -0.2) is 0 Å². The number of carbonyl (C=O) groups is 1. The van der Waals surface area contributed by atoms with E-state index in [1.807, 2.05) is 31.2 Å². The third kappa shape index (κ3) is 5.98. The SMILES string of the molecule is CCC(CO)NC(=O)Cc1ccc(NC(C)Cc2ccsc2)cc1. The quantitative estimate of drug-likeness (QED) is 0.653. The maximum atomic E-state index is 11.9. The molecular formula is C19H26N2O2S. The van der Waals surface area contributed by atoms with E-state index >= 15 is 0 Å². The van der Waals surface area contributed by atoms with Crippen LogP contribution in [0.5, 0.6) is 0 Å². The molecule has 0 aliphatic rings. The van der Waals surface area contributed by atoms with Crippen molar-refractivity contribution in [2.45, 2.75) is 45.2 Å². The van der Waals surface area contributed by atoms with Crippen molar-refractivity contribution in [2.75, 3.05) is 11.9 Å². The number of anilines is 1. The third-order valence-corrected chi connectivity index (χ3v) is 4.66. The molecule has 2 atom stereocenters. The van der Waals surface area contributed by atoms with Gasteiger partial charge in [0.1, 0.15) is 0 Å². The first-order valence-electron chi connectivity index (χ1n) is 8.37. The summed E-state index contributed by atoms with van der Waals surface area (Å²) in [6.07, 6.45) is 2.06. The molecular weight excluding hydrogens is 320 g/mol. The Labute approximate surface area is 147 Å². The van der Waals surface area contributed by atoms with Gasteiger partial charge >= 0.3 is 0 Å². The predicted octanol–water partition coefficient (Wildman–Crippen LogP) is 3.22. The van der Waals surface area contributed by atoms with Gasteiger partial charge in [0.2, 0.25) is 5.91 Å². The van der Waals surface area contributed by atoms with Gasteiger partial charge in [0.25, 0.3) is 0 Å². The van der Waals surface area contributed by atoms with Crippen LogP contribution in [0.25, 0.3) is 0 Å². The molecule has 5 heteroatoms. The average Bonchev–Trinajstić information content (AvgIpc) is 3.07. The summed E-state index contributed by atoms with van der Waals surface area (Å²) in [4.78, 5) is 11.9. The molecule has 1 aromatic heterocycles. The molecule has 1 heterocycles. The smallest absolute Gasteiger partial charge is 0.224 e. The lowest BCUT2D eigenvalue weighted by Crippen LogP contribution is -2.37. The summed E-state index contributed by atoms with van der Waals surface area (Å²) in [6, 6.07) is 10.3. The fourth-order valence-electron chi connectivity index (χ4n) is 2.56. The summed E-state index contributed by atoms with van der Waals surface area (Å²) < 4.78 is 0. The molecule has 4 nitrogen and oxygen atoms in total. The molecule has 0 aliphatic carbocycles. The van der Waals surface area contributed by atoms with Crippen LogP contribution in [0.1, 0.15) is 31.4 Å². The van der Waals surface area contributed by atoms with Gasteiger partial charge in [-0.3, -0.25) is 4.79 Å². The standard InChI is InChI=1S/C19H26N2O2S/c1-3-17(12-22)21-19(23)11-15-4-6-18(7-5-15)20-14(2)10-16-8-9-24-13-16/h4-9,13-14,17,20,22H,3,10-12H2,1-2H3,(H,21,23). The molecule has 0 saturated carbocycles. The van der Waals surface area contributed by atoms with E-state index in [1.165, 1.54) is 5.56 Å². The Hall–Kier alpha value is -1.85. The summed E-state index contributed by atoms with van der Waals surface area (Å²) >= 11 is 1.72. The highest BCUT2D eigenvalue weighted by atomic mass is 32.1. The van der Waals surface area contributed by atoms with E-state index in [9.17, 15) is 4.79 Å². The molecule has 0 fully saturated rings. The topological polar surface area (TPSA) is 61.4 Å². The van der Waals surface area contributed by atoms with Gasteiger partial charge in [-0.2, -0.15) is 11.3 Å². The number of aliphatic hydroxyl groups excluding tert-OH is 1. The highest BCUT2D eigenvalue weighted by Gasteiger charge is 2.10. The predicted molar refractivity (Wildman–Crippen MR) is 101 cm³/mol. The van der Waals surface area contributed by atoms with Gasteiger partial charge in [-0.15, -0.1) is 0 Å². The minimum Gasteiger partial charge on any atom is -0.394 e. The lowest BCUT2D eigenvalue weighted by Gasteiger charge is -2.16. The lowest BCUT2D eigenvalue weighted by atomic mass is 10.1. The van der Waals surface area contributed by atoms with Crippen molar-refractivity contribution in [1.29, 1.82) is 0 Å². The lowest BCUT2D eigenvalue weighted by molar-refractivity contribution is -0.121. The van der Waals surface area contributed by atoms with Crippen LogP contribution in [0.4, 0.5) is 5.69 Å². The van der Waals surface area contributed by atoms with Gasteiger partial charge < -0.3 is 15.7 Å². The number of rotatable bonds is 9. The fraction of sp³-hybridized carbons (Fsp3) is 0.421. The third-order valence-electron chi connectivity index (χ3n) is 3.93. The van der Waals surface area contributed by atoms with Crippen molar-refractivity contribution in [3.05, 3.63) is 52.2 Å². The van der Waals surface area contributed by atoms with Crippen LogP contribution in [-0.4, -0.2) is 29.7 Å². The van der Waals surface area contributed by atoms with E-state index in [0.717, 1.165) is 24.1 Å². The van der Waals surface area contributed by atoms with E-state index in [0.29, 0.717) is 12.5 Å². The Morgan fingerprint density at radius 2 is 1.96 bits per heavy atom. The van der Waals surface area contributed by atoms with Crippen LogP contribution in [0, 0.1) is 0 Å². The largest absolute Gasteiger partial charge is 0.394 e. The summed E-state index contributed by atoms with van der Waals surface area (Å²) in [7, 11) is 0. The van der Waals surface area contributed by atoms with Crippen molar-refractivity contribution in [1.82, 2.24) is 5.32 Å². The fourth-order valence-corrected chi connectivity index (χ4v) is 3.24. The minimum absolute atomic E-state index is 0.0207. The molecule has 0 aliphatic heterocycles. The number of carbonyl (C=O) groups excluding carboxylic acids is 1. The molecule has 0 radical (unpaired) electrons. The first-order valence-corrected chi connectivity index (χ1v) is 9.31. The number of benzene rings is 1. The molecule has 2 aromatic rings. The summed E-state index contributed by atoms with van der Waals surface area (Å²) in [6.45, 7) is 4.09. The van der Waals surface area contributed by atoms with Gasteiger partial charge in [0.05, 0.1) is 19.1 Å². The van der Waals surface area contributed by atoms with Crippen molar-refractivity contribution in [2.24, 2.45) is 0 Å². The Morgan fingerprint density at radius 1 is 1.21 bits per heavy atom. The van der Waals surface area contributed by atoms with Crippen molar-refractivity contribution < 1.29 is 9.90 Å². The summed E-state index contributed by atoms with van der Waals surface area (Å²) in [5, 5.41) is 19.7. The van der Waals surface area contributed by atoms with E-state index in [2.05, 4.69) is 34.4 Å². The van der Waals surface area contributed by atoms with Crippen LogP contribution in [0.15, 0.2) is 41.1 Å². The monoisotopic (exact) mass is 346 g/mol. The van der Waals surface area contributed by atoms with E-state index < -0.39 is 0 Å². The molecule has 2 rings (SSSR count). The maximum Gasteiger partial charge on any atom is 0.224 e. The van der Waals surface area contributed by atoms with Crippen molar-refractivity contribution in [3.8, 4) is 0 Å². The molecule has 1 amide bonds. The zero-order chi connectivity index (χ0) is 17.4. The number of nitrogens with one attached hydrogen (secondary N) is 2. The van der Waals surface area contributed by atoms with E-state index in [4.69, 9.17) is 5.11 Å². The molecule has 1 aromatic carbocycles. The van der Waals surface area contributed by atoms with Crippen LogP contribution >= 0.6 is 11.3 Å². The molecule has 130 valence electrons. The first-order chi connectivity index (χ1) is 11.6. The van der Waals surface area contributed by atoms with Crippen LogP contribution in [-0.2, 0) is 17.6 Å². The Kier molecular flexibility index (Phi) is 7.28. The Morgan fingerprint density at radius 3 is 2.54 bits per heavy atom. The number of thiophene rings is 1. The Balaban J connectivity index is 1.82. The maximum absolute atomic E-state index is 11.9. The van der Waals surface area contributed by atoms with Crippen molar-refractivity contribution >= 4 is 22.9 Å². The molecule has 2 unspecified atom stereocenters. The molecule has 0 spiro atoms. The average molecular weight is 346 g/mol. The number of aliphatic hydroxyl groups is 1. The molecule has 24 heavy (non-hydrogen) atoms. The number of hydrogen-bond donors (Lipinski definition) is 3. The number of amides is 1. The normalized spacial score (nSPS) is 13.3. The van der Waals surface area contributed by atoms with Crippen molar-refractivity contribution in [3.63, 3.8) is 0 Å². The number of hydrogen-bond acceptors (Lipinski definition) is 4. The van der Waals surface area contributed by atoms with Crippen LogP contribution < -0.4 is 10.6 Å². The second-order valence-corrected chi connectivity index (χ2v) is 6.89. The molecule has 3 N–H and O–H groups in total. The van der Waals surface area contributed by atoms with Gasteiger partial charge in [-0.1, -0.05) is 19.1 Å². The second-order valence-electron chi connectivity index (χ2n) is 6.11. The van der Waals surface area contributed by atoms with Gasteiger partial charge in [0.15, 0.2) is 0 Å². The first kappa shape index (κ1) is 18.5. The van der Waals surface area contributed by atoms with E-state index in [-0.39, 0.29) is 18.6 Å². The van der Waals surface area contributed by atoms with Gasteiger partial charge in [-0.05, 0) is 59.9 Å². The molecule has 0 bridgehead atoms. The summed E-state index contributed by atoms with van der Waals surface area (Å²) in [5.41, 5.74) is 3.38. The molecule has 0 saturated heterocycles. The Bertz CT molecular complexity index is 607. The highest BCUT2D eigenvalue weighted by Crippen LogP contribution is 2.14. The second kappa shape index (κ2) is 9.45. The zero-order valence-electron chi connectivity index (χ0n) is 14.3. The van der Waals surface area contributed by atoms with E-state index in [1.54, 1.807) is 11.3 Å². The van der Waals surface area contributed by atoms with Crippen LogP contribution in [0.3, 0.4) is 0 Å².